The topological polar surface area (TPSA) is 94.2 Å². The second-order valence-corrected chi connectivity index (χ2v) is 8.89. The first kappa shape index (κ1) is 24.6. The van der Waals surface area contributed by atoms with Crippen LogP contribution in [0.4, 0.5) is 8.78 Å². The number of halogens is 3. The van der Waals surface area contributed by atoms with Gasteiger partial charge in [0.15, 0.2) is 11.6 Å². The molecule has 0 radical (unpaired) electrons. The Bertz CT molecular complexity index is 1400. The molecule has 4 rings (SSSR count). The van der Waals surface area contributed by atoms with Gasteiger partial charge in [0.2, 0.25) is 0 Å². The van der Waals surface area contributed by atoms with E-state index in [2.05, 4.69) is 31.5 Å². The predicted molar refractivity (Wildman–Crippen MR) is 133 cm³/mol. The van der Waals surface area contributed by atoms with Crippen LogP contribution in [0.25, 0.3) is 22.0 Å². The van der Waals surface area contributed by atoms with E-state index in [1.807, 2.05) is 6.07 Å². The van der Waals surface area contributed by atoms with E-state index < -0.39 is 23.6 Å². The molecule has 4 N–H and O–H groups in total. The normalized spacial score (nSPS) is 11.9. The van der Waals surface area contributed by atoms with Gasteiger partial charge in [-0.05, 0) is 69.4 Å². The molecule has 1 atom stereocenters. The van der Waals surface area contributed by atoms with Crippen molar-refractivity contribution in [1.29, 1.82) is 0 Å². The molecule has 0 spiro atoms. The van der Waals surface area contributed by atoms with Gasteiger partial charge in [-0.3, -0.25) is 9.59 Å². The smallest absolute Gasteiger partial charge is 0.252 e. The molecule has 0 aliphatic carbocycles. The van der Waals surface area contributed by atoms with E-state index in [4.69, 9.17) is 0 Å². The van der Waals surface area contributed by atoms with Crippen molar-refractivity contribution in [2.75, 3.05) is 13.7 Å². The lowest BCUT2D eigenvalue weighted by molar-refractivity contribution is 0.0914. The number of hydrogen-bond donors (Lipinski definition) is 4. The van der Waals surface area contributed by atoms with Crippen molar-refractivity contribution in [3.05, 3.63) is 93.6 Å². The molecule has 0 fully saturated rings. The standard InChI is InChI=1S/C26H22BrF2N3O3/c1-30-25(34)15-4-2-14(3-5-15)16-6-7-21(27)20(9-16)26(35)32-18(13-33)8-17-12-31-24-11-23(29)22(28)10-19(17)24/h2-7,9-12,18,31,33H,8,13H2,1H3,(H,30,34)(H,32,35). The van der Waals surface area contributed by atoms with Gasteiger partial charge in [-0.25, -0.2) is 8.78 Å². The minimum atomic E-state index is -0.966. The van der Waals surface area contributed by atoms with E-state index in [1.165, 1.54) is 0 Å². The fourth-order valence-corrected chi connectivity index (χ4v) is 4.30. The molecule has 180 valence electrons. The second-order valence-electron chi connectivity index (χ2n) is 8.03. The van der Waals surface area contributed by atoms with Gasteiger partial charge in [0, 0.05) is 40.2 Å². The van der Waals surface area contributed by atoms with E-state index in [0.29, 0.717) is 32.1 Å². The van der Waals surface area contributed by atoms with Crippen LogP contribution in [0, 0.1) is 11.6 Å². The summed E-state index contributed by atoms with van der Waals surface area (Å²) < 4.78 is 27.8. The summed E-state index contributed by atoms with van der Waals surface area (Å²) in [7, 11) is 1.56. The zero-order valence-electron chi connectivity index (χ0n) is 18.7. The summed E-state index contributed by atoms with van der Waals surface area (Å²) in [6.45, 7) is -0.347. The quantitative estimate of drug-likeness (QED) is 0.276. The monoisotopic (exact) mass is 541 g/mol. The van der Waals surface area contributed by atoms with E-state index in [-0.39, 0.29) is 18.9 Å². The molecule has 0 saturated carbocycles. The fraction of sp³-hybridized carbons (Fsp3) is 0.154. The molecule has 6 nitrogen and oxygen atoms in total. The molecule has 3 aromatic carbocycles. The number of H-pyrrole nitrogens is 1. The summed E-state index contributed by atoms with van der Waals surface area (Å²) in [6, 6.07) is 13.8. The number of amides is 2. The summed E-state index contributed by atoms with van der Waals surface area (Å²) in [5, 5.41) is 15.7. The van der Waals surface area contributed by atoms with Gasteiger partial charge < -0.3 is 20.7 Å². The first-order valence-corrected chi connectivity index (χ1v) is 11.6. The zero-order valence-corrected chi connectivity index (χ0v) is 20.2. The number of rotatable bonds is 7. The molecule has 0 aliphatic heterocycles. The maximum atomic E-state index is 13.7. The Morgan fingerprint density at radius 1 is 1.00 bits per heavy atom. The Kier molecular flexibility index (Phi) is 7.28. The van der Waals surface area contributed by atoms with Crippen molar-refractivity contribution >= 4 is 38.6 Å². The third-order valence-electron chi connectivity index (χ3n) is 5.75. The number of carbonyl (C=O) groups is 2. The number of aliphatic hydroxyl groups excluding tert-OH is 1. The van der Waals surface area contributed by atoms with Gasteiger partial charge in [0.25, 0.3) is 11.8 Å². The summed E-state index contributed by atoms with van der Waals surface area (Å²) in [4.78, 5) is 27.7. The van der Waals surface area contributed by atoms with Crippen LogP contribution in [0.2, 0.25) is 0 Å². The second kappa shape index (κ2) is 10.4. The maximum absolute atomic E-state index is 13.7. The highest BCUT2D eigenvalue weighted by atomic mass is 79.9. The molecule has 9 heteroatoms. The molecular formula is C26H22BrF2N3O3. The molecular weight excluding hydrogens is 520 g/mol. The minimum Gasteiger partial charge on any atom is -0.394 e. The fourth-order valence-electron chi connectivity index (χ4n) is 3.87. The van der Waals surface area contributed by atoms with Crippen LogP contribution in [-0.2, 0) is 6.42 Å². The van der Waals surface area contributed by atoms with Gasteiger partial charge >= 0.3 is 0 Å². The van der Waals surface area contributed by atoms with Crippen molar-refractivity contribution in [3.8, 4) is 11.1 Å². The highest BCUT2D eigenvalue weighted by molar-refractivity contribution is 9.10. The number of fused-ring (bicyclic) bond motifs is 1. The first-order valence-electron chi connectivity index (χ1n) is 10.8. The molecule has 1 unspecified atom stereocenters. The van der Waals surface area contributed by atoms with E-state index in [9.17, 15) is 23.5 Å². The SMILES string of the molecule is CNC(=O)c1ccc(-c2ccc(Br)c(C(=O)NC(CO)Cc3c[nH]c4cc(F)c(F)cc34)c2)cc1. The van der Waals surface area contributed by atoms with Crippen molar-refractivity contribution in [2.45, 2.75) is 12.5 Å². The van der Waals surface area contributed by atoms with Crippen LogP contribution in [0.5, 0.6) is 0 Å². The van der Waals surface area contributed by atoms with Gasteiger partial charge in [0.05, 0.1) is 18.2 Å². The average Bonchev–Trinajstić information content (AvgIpc) is 3.24. The highest BCUT2D eigenvalue weighted by Crippen LogP contribution is 2.27. The van der Waals surface area contributed by atoms with Crippen LogP contribution in [-0.4, -0.2) is 41.6 Å². The lowest BCUT2D eigenvalue weighted by Gasteiger charge is -2.17. The molecule has 35 heavy (non-hydrogen) atoms. The van der Waals surface area contributed by atoms with E-state index in [0.717, 1.165) is 23.3 Å². The first-order chi connectivity index (χ1) is 16.8. The third-order valence-corrected chi connectivity index (χ3v) is 6.44. The number of hydrogen-bond acceptors (Lipinski definition) is 3. The zero-order chi connectivity index (χ0) is 25.1. The minimum absolute atomic E-state index is 0.189. The van der Waals surface area contributed by atoms with Crippen molar-refractivity contribution in [3.63, 3.8) is 0 Å². The Labute approximate surface area is 208 Å². The molecule has 0 aliphatic rings. The largest absolute Gasteiger partial charge is 0.394 e. The van der Waals surface area contributed by atoms with Crippen molar-refractivity contribution in [2.24, 2.45) is 0 Å². The number of benzene rings is 3. The molecule has 4 aromatic rings. The van der Waals surface area contributed by atoms with Crippen LogP contribution < -0.4 is 10.6 Å². The Morgan fingerprint density at radius 2 is 1.69 bits per heavy atom. The number of carbonyl (C=O) groups excluding carboxylic acids is 2. The maximum Gasteiger partial charge on any atom is 0.252 e. The molecule has 1 heterocycles. The summed E-state index contributed by atoms with van der Waals surface area (Å²) >= 11 is 3.40. The average molecular weight is 542 g/mol. The Hall–Kier alpha value is -3.56. The van der Waals surface area contributed by atoms with E-state index in [1.54, 1.807) is 49.6 Å². The molecule has 2 amide bonds. The van der Waals surface area contributed by atoms with Crippen LogP contribution in [0.15, 0.2) is 65.3 Å². The van der Waals surface area contributed by atoms with Crippen LogP contribution >= 0.6 is 15.9 Å². The Balaban J connectivity index is 1.54. The van der Waals surface area contributed by atoms with E-state index >= 15 is 0 Å². The number of aromatic nitrogens is 1. The molecule has 0 bridgehead atoms. The number of aliphatic hydroxyl groups is 1. The Morgan fingerprint density at radius 3 is 2.37 bits per heavy atom. The number of nitrogens with one attached hydrogen (secondary N) is 3. The predicted octanol–water partition coefficient (Wildman–Crippen LogP) is 4.57. The van der Waals surface area contributed by atoms with Gasteiger partial charge in [-0.1, -0.05) is 18.2 Å². The van der Waals surface area contributed by atoms with Gasteiger partial charge in [0.1, 0.15) is 0 Å². The number of aromatic amines is 1. The molecule has 1 aromatic heterocycles. The summed E-state index contributed by atoms with van der Waals surface area (Å²) in [5.74, 6) is -2.51. The summed E-state index contributed by atoms with van der Waals surface area (Å²) in [6.07, 6.45) is 1.82. The lowest BCUT2D eigenvalue weighted by Crippen LogP contribution is -2.39. The van der Waals surface area contributed by atoms with Crippen molar-refractivity contribution in [1.82, 2.24) is 15.6 Å². The highest BCUT2D eigenvalue weighted by Gasteiger charge is 2.19. The van der Waals surface area contributed by atoms with Crippen LogP contribution in [0.1, 0.15) is 26.3 Å². The summed E-state index contributed by atoms with van der Waals surface area (Å²) in [5.41, 5.74) is 3.56. The van der Waals surface area contributed by atoms with Crippen LogP contribution in [0.3, 0.4) is 0 Å². The molecule has 0 saturated heterocycles. The van der Waals surface area contributed by atoms with Crippen molar-refractivity contribution < 1.29 is 23.5 Å². The lowest BCUT2D eigenvalue weighted by atomic mass is 10.0. The third kappa shape index (κ3) is 5.26. The van der Waals surface area contributed by atoms with Gasteiger partial charge in [-0.15, -0.1) is 0 Å². The van der Waals surface area contributed by atoms with Gasteiger partial charge in [-0.2, -0.15) is 0 Å².